The summed E-state index contributed by atoms with van der Waals surface area (Å²) in [6.45, 7) is 7.39. The summed E-state index contributed by atoms with van der Waals surface area (Å²) in [4.78, 5) is 18.8. The van der Waals surface area contributed by atoms with Gasteiger partial charge in [0.2, 0.25) is 5.91 Å². The Balaban J connectivity index is 1.97. The molecule has 3 rings (SSSR count). The lowest BCUT2D eigenvalue weighted by Gasteiger charge is -2.26. The summed E-state index contributed by atoms with van der Waals surface area (Å²) < 4.78 is 0. The van der Waals surface area contributed by atoms with Gasteiger partial charge >= 0.3 is 0 Å². The Labute approximate surface area is 153 Å². The van der Waals surface area contributed by atoms with Crippen LogP contribution in [0.1, 0.15) is 38.8 Å². The highest BCUT2D eigenvalue weighted by Crippen LogP contribution is 2.38. The quantitative estimate of drug-likeness (QED) is 0.877. The average Bonchev–Trinajstić information content (AvgIpc) is 3.02. The molecule has 1 fully saturated rings. The standard InChI is InChI=1S/C19H25ClN4O/c1-11(2)19(25)23-13-6-8-24(10-13)18-15(12(3)21)9-16(20)14-5-4-7-22-17(14)18/h4-5,7,9,11-13H,6,8,10,21H2,1-3H3,(H,23,25). The molecule has 5 nitrogen and oxygen atoms in total. The van der Waals surface area contributed by atoms with Crippen molar-refractivity contribution < 1.29 is 4.79 Å². The van der Waals surface area contributed by atoms with E-state index < -0.39 is 0 Å². The molecule has 2 atom stereocenters. The van der Waals surface area contributed by atoms with Crippen LogP contribution in [0.5, 0.6) is 0 Å². The third kappa shape index (κ3) is 3.58. The number of nitrogens with zero attached hydrogens (tertiary/aromatic N) is 2. The number of hydrogen-bond donors (Lipinski definition) is 2. The van der Waals surface area contributed by atoms with Crippen LogP contribution in [0.4, 0.5) is 5.69 Å². The number of benzene rings is 1. The predicted molar refractivity (Wildman–Crippen MR) is 103 cm³/mol. The number of anilines is 1. The van der Waals surface area contributed by atoms with E-state index in [1.54, 1.807) is 6.20 Å². The summed E-state index contributed by atoms with van der Waals surface area (Å²) in [5.41, 5.74) is 9.12. The molecule has 2 unspecified atom stereocenters. The van der Waals surface area contributed by atoms with Gasteiger partial charge in [-0.05, 0) is 37.1 Å². The molecule has 2 aromatic rings. The minimum atomic E-state index is -0.150. The third-order valence-electron chi connectivity index (χ3n) is 4.71. The Bertz CT molecular complexity index is 790. The molecule has 0 saturated carbocycles. The summed E-state index contributed by atoms with van der Waals surface area (Å²) in [5.74, 6) is 0.0880. The summed E-state index contributed by atoms with van der Waals surface area (Å²) >= 11 is 6.45. The van der Waals surface area contributed by atoms with E-state index in [9.17, 15) is 4.79 Å². The molecular weight excluding hydrogens is 336 g/mol. The zero-order chi connectivity index (χ0) is 18.1. The first-order valence-electron chi connectivity index (χ1n) is 8.76. The molecule has 134 valence electrons. The zero-order valence-electron chi connectivity index (χ0n) is 14.9. The zero-order valence-corrected chi connectivity index (χ0v) is 15.7. The van der Waals surface area contributed by atoms with Crippen LogP contribution in [0.2, 0.25) is 5.02 Å². The molecule has 1 aromatic heterocycles. The van der Waals surface area contributed by atoms with Gasteiger partial charge in [0, 0.05) is 42.7 Å². The van der Waals surface area contributed by atoms with Gasteiger partial charge in [-0.2, -0.15) is 0 Å². The first-order valence-corrected chi connectivity index (χ1v) is 9.14. The minimum absolute atomic E-state index is 0.00768. The van der Waals surface area contributed by atoms with Gasteiger partial charge in [-0.15, -0.1) is 0 Å². The van der Waals surface area contributed by atoms with Crippen molar-refractivity contribution in [2.45, 2.75) is 39.3 Å². The van der Waals surface area contributed by atoms with E-state index in [2.05, 4.69) is 15.2 Å². The van der Waals surface area contributed by atoms with Crippen molar-refractivity contribution in [3.63, 3.8) is 0 Å². The molecule has 0 spiro atoms. The number of carbonyl (C=O) groups is 1. The molecule has 0 radical (unpaired) electrons. The van der Waals surface area contributed by atoms with Crippen molar-refractivity contribution >= 4 is 34.1 Å². The summed E-state index contributed by atoms with van der Waals surface area (Å²) in [5, 5.41) is 4.73. The molecule has 1 aliphatic heterocycles. The highest BCUT2D eigenvalue weighted by molar-refractivity contribution is 6.36. The second kappa shape index (κ2) is 7.18. The number of carbonyl (C=O) groups excluding carboxylic acids is 1. The fraction of sp³-hybridized carbons (Fsp3) is 0.474. The number of amides is 1. The highest BCUT2D eigenvalue weighted by atomic mass is 35.5. The van der Waals surface area contributed by atoms with Crippen molar-refractivity contribution in [2.24, 2.45) is 11.7 Å². The van der Waals surface area contributed by atoms with E-state index in [1.807, 2.05) is 39.0 Å². The third-order valence-corrected chi connectivity index (χ3v) is 5.02. The lowest BCUT2D eigenvalue weighted by Crippen LogP contribution is -2.39. The maximum absolute atomic E-state index is 12.0. The first kappa shape index (κ1) is 18.0. The molecule has 3 N–H and O–H groups in total. The summed E-state index contributed by atoms with van der Waals surface area (Å²) in [6, 6.07) is 5.81. The lowest BCUT2D eigenvalue weighted by molar-refractivity contribution is -0.124. The van der Waals surface area contributed by atoms with E-state index in [0.717, 1.165) is 41.7 Å². The first-order chi connectivity index (χ1) is 11.9. The van der Waals surface area contributed by atoms with Crippen molar-refractivity contribution in [3.05, 3.63) is 35.0 Å². The van der Waals surface area contributed by atoms with Gasteiger partial charge in [-0.3, -0.25) is 9.78 Å². The van der Waals surface area contributed by atoms with Gasteiger partial charge < -0.3 is 16.0 Å². The fourth-order valence-corrected chi connectivity index (χ4v) is 3.60. The Morgan fingerprint density at radius 2 is 2.20 bits per heavy atom. The molecule has 1 saturated heterocycles. The smallest absolute Gasteiger partial charge is 0.222 e. The predicted octanol–water partition coefficient (Wildman–Crippen LogP) is 3.26. The summed E-state index contributed by atoms with van der Waals surface area (Å²) in [7, 11) is 0. The molecular formula is C19H25ClN4O. The van der Waals surface area contributed by atoms with E-state index in [-0.39, 0.29) is 23.9 Å². The van der Waals surface area contributed by atoms with Gasteiger partial charge in [0.05, 0.1) is 16.2 Å². The van der Waals surface area contributed by atoms with E-state index in [1.165, 1.54) is 0 Å². The topological polar surface area (TPSA) is 71.2 Å². The maximum atomic E-state index is 12.0. The van der Waals surface area contributed by atoms with Gasteiger partial charge in [-0.25, -0.2) is 0 Å². The van der Waals surface area contributed by atoms with Crippen molar-refractivity contribution in [3.8, 4) is 0 Å². The van der Waals surface area contributed by atoms with Gasteiger partial charge in [0.25, 0.3) is 0 Å². The molecule has 1 aliphatic rings. The Morgan fingerprint density at radius 1 is 1.44 bits per heavy atom. The normalized spacial score (nSPS) is 18.8. The van der Waals surface area contributed by atoms with Crippen LogP contribution in [0.15, 0.2) is 24.4 Å². The minimum Gasteiger partial charge on any atom is -0.367 e. The van der Waals surface area contributed by atoms with Crippen LogP contribution in [0, 0.1) is 5.92 Å². The second-order valence-electron chi connectivity index (χ2n) is 7.08. The number of fused-ring (bicyclic) bond motifs is 1. The number of hydrogen-bond acceptors (Lipinski definition) is 4. The van der Waals surface area contributed by atoms with Gasteiger partial charge in [0.15, 0.2) is 0 Å². The molecule has 2 heterocycles. The molecule has 25 heavy (non-hydrogen) atoms. The van der Waals surface area contributed by atoms with Crippen LogP contribution in [0.3, 0.4) is 0 Å². The maximum Gasteiger partial charge on any atom is 0.222 e. The molecule has 0 bridgehead atoms. The van der Waals surface area contributed by atoms with Crippen LogP contribution >= 0.6 is 11.6 Å². The van der Waals surface area contributed by atoms with Crippen LogP contribution in [0.25, 0.3) is 10.9 Å². The highest BCUT2D eigenvalue weighted by Gasteiger charge is 2.28. The van der Waals surface area contributed by atoms with Crippen LogP contribution < -0.4 is 16.0 Å². The van der Waals surface area contributed by atoms with E-state index >= 15 is 0 Å². The molecule has 1 aromatic carbocycles. The van der Waals surface area contributed by atoms with Crippen LogP contribution in [-0.4, -0.2) is 30.0 Å². The van der Waals surface area contributed by atoms with Crippen molar-refractivity contribution in [1.29, 1.82) is 0 Å². The average molecular weight is 361 g/mol. The summed E-state index contributed by atoms with van der Waals surface area (Å²) in [6.07, 6.45) is 2.69. The Kier molecular flexibility index (Phi) is 5.16. The number of nitrogens with one attached hydrogen (secondary N) is 1. The Hall–Kier alpha value is -1.85. The number of pyridine rings is 1. The van der Waals surface area contributed by atoms with E-state index in [0.29, 0.717) is 5.02 Å². The van der Waals surface area contributed by atoms with Crippen molar-refractivity contribution in [1.82, 2.24) is 10.3 Å². The number of rotatable bonds is 4. The number of aromatic nitrogens is 1. The number of halogens is 1. The molecule has 1 amide bonds. The second-order valence-corrected chi connectivity index (χ2v) is 7.49. The molecule has 6 heteroatoms. The van der Waals surface area contributed by atoms with Crippen LogP contribution in [-0.2, 0) is 4.79 Å². The SMILES string of the molecule is CC(C)C(=O)NC1CCN(c2c(C(C)N)cc(Cl)c3cccnc23)C1. The number of nitrogens with two attached hydrogens (primary N) is 1. The Morgan fingerprint density at radius 3 is 2.88 bits per heavy atom. The van der Waals surface area contributed by atoms with Gasteiger partial charge in [-0.1, -0.05) is 25.4 Å². The van der Waals surface area contributed by atoms with Gasteiger partial charge in [0.1, 0.15) is 0 Å². The monoisotopic (exact) mass is 360 g/mol. The van der Waals surface area contributed by atoms with E-state index in [4.69, 9.17) is 17.3 Å². The van der Waals surface area contributed by atoms with Crippen molar-refractivity contribution in [2.75, 3.05) is 18.0 Å². The molecule has 0 aliphatic carbocycles. The largest absolute Gasteiger partial charge is 0.367 e. The fourth-order valence-electron chi connectivity index (χ4n) is 3.33. The lowest BCUT2D eigenvalue weighted by atomic mass is 10.0.